The second kappa shape index (κ2) is 10.6. The molecule has 0 aliphatic rings. The van der Waals surface area contributed by atoms with Gasteiger partial charge < -0.3 is 5.32 Å². The van der Waals surface area contributed by atoms with Crippen LogP contribution in [-0.2, 0) is 6.42 Å². The summed E-state index contributed by atoms with van der Waals surface area (Å²) in [6.07, 6.45) is 3.85. The zero-order chi connectivity index (χ0) is 20.6. The van der Waals surface area contributed by atoms with E-state index in [9.17, 15) is 4.79 Å². The summed E-state index contributed by atoms with van der Waals surface area (Å²) in [6, 6.07) is 23.6. The molecular weight excluding hydrogens is 446 g/mol. The highest BCUT2D eigenvalue weighted by molar-refractivity contribution is 9.10. The van der Waals surface area contributed by atoms with Crippen LogP contribution in [0.3, 0.4) is 0 Å². The van der Waals surface area contributed by atoms with Crippen LogP contribution in [0.1, 0.15) is 53.7 Å². The monoisotopic (exact) mass is 469 g/mol. The Morgan fingerprint density at radius 2 is 1.62 bits per heavy atom. The highest BCUT2D eigenvalue weighted by atomic mass is 79.9. The van der Waals surface area contributed by atoms with Crippen molar-refractivity contribution in [1.82, 2.24) is 0 Å². The third-order valence-corrected chi connectivity index (χ3v) is 5.72. The number of unbranched alkanes of at least 4 members (excludes halogenated alkanes) is 1. The van der Waals surface area contributed by atoms with Crippen LogP contribution < -0.4 is 5.32 Å². The topological polar surface area (TPSA) is 29.1 Å². The maximum atomic E-state index is 12.9. The Balaban J connectivity index is 1.78. The number of hydrogen-bond donors (Lipinski definition) is 1. The molecule has 0 amide bonds. The normalized spacial score (nSPS) is 11.8. The Hall–Kier alpha value is -2.10. The molecule has 0 aromatic heterocycles. The van der Waals surface area contributed by atoms with E-state index in [-0.39, 0.29) is 11.8 Å². The Bertz CT molecular complexity index is 921. The number of nitrogens with one attached hydrogen (secondary N) is 1. The molecule has 0 bridgehead atoms. The van der Waals surface area contributed by atoms with Gasteiger partial charge >= 0.3 is 0 Å². The Labute approximate surface area is 186 Å². The van der Waals surface area contributed by atoms with Gasteiger partial charge in [-0.1, -0.05) is 65.1 Å². The van der Waals surface area contributed by atoms with Crippen LogP contribution >= 0.6 is 27.5 Å². The van der Waals surface area contributed by atoms with Crippen molar-refractivity contribution in [1.29, 1.82) is 0 Å². The molecule has 0 heterocycles. The Morgan fingerprint density at radius 3 is 2.24 bits per heavy atom. The number of ketones is 1. The number of anilines is 1. The molecule has 4 heteroatoms. The van der Waals surface area contributed by atoms with Crippen molar-refractivity contribution in [3.05, 3.63) is 99.0 Å². The van der Waals surface area contributed by atoms with E-state index in [1.807, 2.05) is 24.3 Å². The van der Waals surface area contributed by atoms with Gasteiger partial charge in [-0.25, -0.2) is 0 Å². The molecule has 3 aromatic carbocycles. The molecule has 1 N–H and O–H groups in total. The molecule has 3 rings (SSSR count). The van der Waals surface area contributed by atoms with Crippen molar-refractivity contribution in [3.8, 4) is 0 Å². The smallest absolute Gasteiger partial charge is 0.165 e. The molecule has 0 saturated heterocycles. The fraction of sp³-hybridized carbons (Fsp3) is 0.240. The first-order valence-corrected chi connectivity index (χ1v) is 11.1. The Kier molecular flexibility index (Phi) is 7.91. The highest BCUT2D eigenvalue weighted by Crippen LogP contribution is 2.26. The maximum Gasteiger partial charge on any atom is 0.165 e. The molecular formula is C25H25BrClNO. The first-order chi connectivity index (χ1) is 14.0. The lowest BCUT2D eigenvalue weighted by Gasteiger charge is -2.20. The molecule has 0 unspecified atom stereocenters. The number of hydrogen-bond acceptors (Lipinski definition) is 2. The second-order valence-electron chi connectivity index (χ2n) is 7.18. The van der Waals surface area contributed by atoms with Crippen molar-refractivity contribution in [2.45, 2.75) is 38.6 Å². The molecule has 3 aromatic rings. The number of benzene rings is 3. The van der Waals surface area contributed by atoms with E-state index in [1.54, 1.807) is 24.3 Å². The predicted octanol–water partition coefficient (Wildman–Crippen LogP) is 7.87. The third kappa shape index (κ3) is 6.45. The molecule has 0 saturated carbocycles. The lowest BCUT2D eigenvalue weighted by molar-refractivity contribution is 0.0976. The van der Waals surface area contributed by atoms with Crippen LogP contribution in [0.4, 0.5) is 5.69 Å². The van der Waals surface area contributed by atoms with E-state index in [0.717, 1.165) is 22.1 Å². The molecule has 0 fully saturated rings. The molecule has 0 radical (unpaired) electrons. The molecule has 0 aliphatic heterocycles. The summed E-state index contributed by atoms with van der Waals surface area (Å²) in [5.74, 6) is 0.0849. The summed E-state index contributed by atoms with van der Waals surface area (Å²) in [6.45, 7) is 2.20. The van der Waals surface area contributed by atoms with E-state index < -0.39 is 0 Å². The first kappa shape index (κ1) is 21.6. The zero-order valence-electron chi connectivity index (χ0n) is 16.5. The van der Waals surface area contributed by atoms with Crippen LogP contribution in [0.2, 0.25) is 5.02 Å². The summed E-state index contributed by atoms with van der Waals surface area (Å²) in [5, 5.41) is 4.18. The van der Waals surface area contributed by atoms with E-state index >= 15 is 0 Å². The van der Waals surface area contributed by atoms with E-state index in [4.69, 9.17) is 11.6 Å². The lowest BCUT2D eigenvalue weighted by atomic mass is 9.97. The molecule has 150 valence electrons. The summed E-state index contributed by atoms with van der Waals surface area (Å²) < 4.78 is 1.02. The SMILES string of the molecule is CCCCc1ccc(N[C@@H](CC(=O)c2ccc(Cl)cc2)c2ccc(Br)cc2)cc1. The lowest BCUT2D eigenvalue weighted by Crippen LogP contribution is -2.16. The minimum atomic E-state index is -0.118. The van der Waals surface area contributed by atoms with Gasteiger partial charge in [-0.2, -0.15) is 0 Å². The predicted molar refractivity (Wildman–Crippen MR) is 126 cm³/mol. The molecule has 29 heavy (non-hydrogen) atoms. The second-order valence-corrected chi connectivity index (χ2v) is 8.54. The number of halogens is 2. The summed E-state index contributed by atoms with van der Waals surface area (Å²) in [7, 11) is 0. The Morgan fingerprint density at radius 1 is 0.966 bits per heavy atom. The molecule has 1 atom stereocenters. The van der Waals surface area contributed by atoms with Crippen molar-refractivity contribution < 1.29 is 4.79 Å². The number of Topliss-reactive ketones (excluding diaryl/α,β-unsaturated/α-hetero) is 1. The third-order valence-electron chi connectivity index (χ3n) is 4.94. The standard InChI is InChI=1S/C25H25BrClNO/c1-2-3-4-18-5-15-23(16-6-18)28-24(19-7-11-21(26)12-8-19)17-25(29)20-9-13-22(27)14-10-20/h5-16,24,28H,2-4,17H2,1H3/t24-/m0/s1. The van der Waals surface area contributed by atoms with Crippen LogP contribution in [0.15, 0.2) is 77.3 Å². The van der Waals surface area contributed by atoms with Crippen LogP contribution in [0.25, 0.3) is 0 Å². The van der Waals surface area contributed by atoms with Gasteiger partial charge in [-0.3, -0.25) is 4.79 Å². The number of rotatable bonds is 9. The average molecular weight is 471 g/mol. The average Bonchev–Trinajstić information content (AvgIpc) is 2.74. The first-order valence-electron chi connectivity index (χ1n) is 9.95. The van der Waals surface area contributed by atoms with Crippen LogP contribution in [-0.4, -0.2) is 5.78 Å². The van der Waals surface area contributed by atoms with E-state index in [0.29, 0.717) is 17.0 Å². The molecule has 0 spiro atoms. The van der Waals surface area contributed by atoms with Gasteiger partial charge in [-0.05, 0) is 72.5 Å². The summed E-state index contributed by atoms with van der Waals surface area (Å²) in [4.78, 5) is 12.9. The summed E-state index contributed by atoms with van der Waals surface area (Å²) in [5.41, 5.74) is 4.11. The number of aryl methyl sites for hydroxylation is 1. The highest BCUT2D eigenvalue weighted by Gasteiger charge is 2.17. The van der Waals surface area contributed by atoms with E-state index in [2.05, 4.69) is 52.4 Å². The fourth-order valence-corrected chi connectivity index (χ4v) is 3.63. The molecule has 2 nitrogen and oxygen atoms in total. The van der Waals surface area contributed by atoms with Gasteiger partial charge in [0.15, 0.2) is 5.78 Å². The number of carbonyl (C=O) groups is 1. The minimum absolute atomic E-state index is 0.0849. The molecule has 0 aliphatic carbocycles. The van der Waals surface area contributed by atoms with Crippen molar-refractivity contribution in [2.24, 2.45) is 0 Å². The quantitative estimate of drug-likeness (QED) is 0.322. The van der Waals surface area contributed by atoms with Crippen molar-refractivity contribution in [2.75, 3.05) is 5.32 Å². The van der Waals surface area contributed by atoms with Crippen LogP contribution in [0, 0.1) is 0 Å². The van der Waals surface area contributed by atoms with Crippen LogP contribution in [0.5, 0.6) is 0 Å². The van der Waals surface area contributed by atoms with Crippen molar-refractivity contribution in [3.63, 3.8) is 0 Å². The van der Waals surface area contributed by atoms with E-state index in [1.165, 1.54) is 18.4 Å². The number of carbonyl (C=O) groups excluding carboxylic acids is 1. The minimum Gasteiger partial charge on any atom is -0.378 e. The van der Waals surface area contributed by atoms with Gasteiger partial charge in [-0.15, -0.1) is 0 Å². The maximum absolute atomic E-state index is 12.9. The zero-order valence-corrected chi connectivity index (χ0v) is 18.8. The summed E-state index contributed by atoms with van der Waals surface area (Å²) >= 11 is 9.44. The fourth-order valence-electron chi connectivity index (χ4n) is 3.24. The van der Waals surface area contributed by atoms with Gasteiger partial charge in [0.25, 0.3) is 0 Å². The largest absolute Gasteiger partial charge is 0.378 e. The van der Waals surface area contributed by atoms with Gasteiger partial charge in [0, 0.05) is 27.2 Å². The van der Waals surface area contributed by atoms with Gasteiger partial charge in [0.2, 0.25) is 0 Å². The van der Waals surface area contributed by atoms with Crippen molar-refractivity contribution >= 4 is 39.0 Å². The van der Waals surface area contributed by atoms with Gasteiger partial charge in [0.05, 0.1) is 6.04 Å². The van der Waals surface area contributed by atoms with Gasteiger partial charge in [0.1, 0.15) is 0 Å².